The highest BCUT2D eigenvalue weighted by Gasteiger charge is 2.34. The van der Waals surface area contributed by atoms with E-state index in [2.05, 4.69) is 19.5 Å². The predicted molar refractivity (Wildman–Crippen MR) is 120 cm³/mol. The lowest BCUT2D eigenvalue weighted by atomic mass is 10.2. The van der Waals surface area contributed by atoms with Gasteiger partial charge >= 0.3 is 0 Å². The molecule has 3 heterocycles. The first-order valence-electron chi connectivity index (χ1n) is 11.0. The van der Waals surface area contributed by atoms with Gasteiger partial charge in [0.2, 0.25) is 11.9 Å². The molecule has 0 radical (unpaired) electrons. The molecule has 7 nitrogen and oxygen atoms in total. The molecule has 1 aliphatic carbocycles. The van der Waals surface area contributed by atoms with E-state index < -0.39 is 0 Å². The Morgan fingerprint density at radius 2 is 1.68 bits per heavy atom. The Balaban J connectivity index is 1.46. The first-order valence-corrected chi connectivity index (χ1v) is 11.0. The molecule has 0 spiro atoms. The molecule has 0 N–H and O–H groups in total. The summed E-state index contributed by atoms with van der Waals surface area (Å²) in [5.41, 5.74) is 2.73. The van der Waals surface area contributed by atoms with Crippen molar-refractivity contribution in [1.29, 1.82) is 0 Å². The number of hydrogen-bond acceptors (Lipinski definition) is 5. The number of fused-ring (bicyclic) bond motifs is 3. The fourth-order valence-corrected chi connectivity index (χ4v) is 4.48. The largest absolute Gasteiger partial charge is 0.341 e. The van der Waals surface area contributed by atoms with Gasteiger partial charge in [0, 0.05) is 43.0 Å². The lowest BCUT2D eigenvalue weighted by Gasteiger charge is -2.24. The average molecular weight is 412 g/mol. The number of benzene rings is 2. The van der Waals surface area contributed by atoms with Crippen molar-refractivity contribution in [2.24, 2.45) is 5.92 Å². The number of carbonyl (C=O) groups excluding carboxylic acids is 1. The highest BCUT2D eigenvalue weighted by molar-refractivity contribution is 5.93. The Morgan fingerprint density at radius 3 is 2.52 bits per heavy atom. The third-order valence-electron chi connectivity index (χ3n) is 6.28. The maximum absolute atomic E-state index is 12.6. The average Bonchev–Trinajstić information content (AvgIpc) is 3.61. The Labute approximate surface area is 180 Å². The van der Waals surface area contributed by atoms with Crippen LogP contribution in [0.1, 0.15) is 19.3 Å². The quantitative estimate of drug-likeness (QED) is 0.516. The zero-order valence-electron chi connectivity index (χ0n) is 17.3. The first kappa shape index (κ1) is 18.3. The molecule has 7 heteroatoms. The van der Waals surface area contributed by atoms with Crippen molar-refractivity contribution in [3.63, 3.8) is 0 Å². The third kappa shape index (κ3) is 3.21. The summed E-state index contributed by atoms with van der Waals surface area (Å²) in [7, 11) is 0. The number of aromatic nitrogens is 4. The standard InChI is InChI=1S/C24H24N6O/c31-23(18-11-12-18)28-13-6-14-29(16-15-28)24-25-20-10-5-4-9-19(20)22-27-26-21(30(22)24)17-7-2-1-3-8-17/h1-5,7-10,18H,6,11-16H2. The van der Waals surface area contributed by atoms with Gasteiger partial charge in [0.1, 0.15) is 0 Å². The van der Waals surface area contributed by atoms with Gasteiger partial charge in [-0.25, -0.2) is 9.38 Å². The fraction of sp³-hybridized carbons (Fsp3) is 0.333. The van der Waals surface area contributed by atoms with Crippen molar-refractivity contribution in [1.82, 2.24) is 24.5 Å². The van der Waals surface area contributed by atoms with Crippen molar-refractivity contribution in [3.8, 4) is 11.4 Å². The minimum Gasteiger partial charge on any atom is -0.341 e. The van der Waals surface area contributed by atoms with Crippen LogP contribution >= 0.6 is 0 Å². The second-order valence-corrected chi connectivity index (χ2v) is 8.42. The molecule has 0 atom stereocenters. The van der Waals surface area contributed by atoms with Crippen LogP contribution in [0.25, 0.3) is 27.9 Å². The Bertz CT molecular complexity index is 1260. The third-order valence-corrected chi connectivity index (χ3v) is 6.28. The van der Waals surface area contributed by atoms with Crippen molar-refractivity contribution in [3.05, 3.63) is 54.6 Å². The molecular weight excluding hydrogens is 388 g/mol. The monoisotopic (exact) mass is 412 g/mol. The van der Waals surface area contributed by atoms with E-state index in [1.807, 2.05) is 59.5 Å². The van der Waals surface area contributed by atoms with E-state index in [0.29, 0.717) is 5.91 Å². The lowest BCUT2D eigenvalue weighted by Crippen LogP contribution is -2.36. The Kier molecular flexibility index (Phi) is 4.33. The molecule has 2 fully saturated rings. The van der Waals surface area contributed by atoms with Crippen LogP contribution in [0.4, 0.5) is 5.95 Å². The van der Waals surface area contributed by atoms with Gasteiger partial charge in [0.25, 0.3) is 0 Å². The van der Waals surface area contributed by atoms with Crippen molar-refractivity contribution >= 4 is 28.4 Å². The summed E-state index contributed by atoms with van der Waals surface area (Å²) >= 11 is 0. The normalized spacial score (nSPS) is 17.3. The zero-order chi connectivity index (χ0) is 20.8. The van der Waals surface area contributed by atoms with Crippen LogP contribution < -0.4 is 4.90 Å². The number of rotatable bonds is 3. The molecule has 6 rings (SSSR count). The maximum Gasteiger partial charge on any atom is 0.225 e. The highest BCUT2D eigenvalue weighted by Crippen LogP contribution is 2.32. The summed E-state index contributed by atoms with van der Waals surface area (Å²) in [5.74, 6) is 2.23. The number of nitrogens with zero attached hydrogens (tertiary/aromatic N) is 6. The van der Waals surface area contributed by atoms with Crippen LogP contribution in [0.5, 0.6) is 0 Å². The minimum atomic E-state index is 0.264. The summed E-state index contributed by atoms with van der Waals surface area (Å²) in [5, 5.41) is 10.1. The van der Waals surface area contributed by atoms with Gasteiger partial charge in [-0.1, -0.05) is 42.5 Å². The molecule has 31 heavy (non-hydrogen) atoms. The van der Waals surface area contributed by atoms with E-state index in [1.54, 1.807) is 0 Å². The lowest BCUT2D eigenvalue weighted by molar-refractivity contribution is -0.132. The summed E-state index contributed by atoms with van der Waals surface area (Å²) in [6.07, 6.45) is 3.03. The molecule has 1 amide bonds. The fourth-order valence-electron chi connectivity index (χ4n) is 4.48. The van der Waals surface area contributed by atoms with Crippen LogP contribution in [0.15, 0.2) is 54.6 Å². The number of carbonyl (C=O) groups is 1. The number of anilines is 1. The zero-order valence-corrected chi connectivity index (χ0v) is 17.3. The molecule has 2 aliphatic rings. The molecule has 2 aromatic carbocycles. The van der Waals surface area contributed by atoms with E-state index in [4.69, 9.17) is 4.98 Å². The van der Waals surface area contributed by atoms with Crippen LogP contribution in [0, 0.1) is 5.92 Å². The van der Waals surface area contributed by atoms with Crippen LogP contribution in [-0.2, 0) is 4.79 Å². The van der Waals surface area contributed by atoms with Crippen molar-refractivity contribution < 1.29 is 4.79 Å². The molecule has 1 aliphatic heterocycles. The van der Waals surface area contributed by atoms with Gasteiger partial charge in [-0.05, 0) is 31.4 Å². The number of hydrogen-bond donors (Lipinski definition) is 0. The van der Waals surface area contributed by atoms with Crippen molar-refractivity contribution in [2.75, 3.05) is 31.1 Å². The van der Waals surface area contributed by atoms with E-state index in [0.717, 1.165) is 79.3 Å². The van der Waals surface area contributed by atoms with Crippen LogP contribution in [-0.4, -0.2) is 56.6 Å². The van der Waals surface area contributed by atoms with Crippen LogP contribution in [0.2, 0.25) is 0 Å². The Morgan fingerprint density at radius 1 is 0.871 bits per heavy atom. The molecule has 156 valence electrons. The van der Waals surface area contributed by atoms with E-state index in [1.165, 1.54) is 0 Å². The summed E-state index contributed by atoms with van der Waals surface area (Å²) in [6, 6.07) is 18.2. The van der Waals surface area contributed by atoms with Gasteiger partial charge in [0.15, 0.2) is 11.5 Å². The van der Waals surface area contributed by atoms with Crippen molar-refractivity contribution in [2.45, 2.75) is 19.3 Å². The van der Waals surface area contributed by atoms with Gasteiger partial charge in [0.05, 0.1) is 5.52 Å². The molecule has 0 bridgehead atoms. The summed E-state index contributed by atoms with van der Waals surface area (Å²) in [6.45, 7) is 3.15. The van der Waals surface area contributed by atoms with Gasteiger partial charge in [-0.3, -0.25) is 4.79 Å². The molecule has 1 saturated carbocycles. The van der Waals surface area contributed by atoms with Gasteiger partial charge in [-0.15, -0.1) is 10.2 Å². The van der Waals surface area contributed by atoms with E-state index in [-0.39, 0.29) is 5.92 Å². The number of para-hydroxylation sites is 1. The predicted octanol–water partition coefficient (Wildman–Crippen LogP) is 3.39. The second kappa shape index (κ2) is 7.34. The summed E-state index contributed by atoms with van der Waals surface area (Å²) < 4.78 is 2.08. The van der Waals surface area contributed by atoms with Crippen LogP contribution in [0.3, 0.4) is 0 Å². The molecule has 0 unspecified atom stereocenters. The molecule has 4 aromatic rings. The molecular formula is C24H24N6O. The van der Waals surface area contributed by atoms with Gasteiger partial charge in [-0.2, -0.15) is 0 Å². The first-order chi connectivity index (χ1) is 15.3. The topological polar surface area (TPSA) is 66.6 Å². The van der Waals surface area contributed by atoms with Gasteiger partial charge < -0.3 is 9.80 Å². The molecule has 1 saturated heterocycles. The smallest absolute Gasteiger partial charge is 0.225 e. The second-order valence-electron chi connectivity index (χ2n) is 8.42. The SMILES string of the molecule is O=C(C1CC1)N1CCCN(c2nc3ccccc3c3nnc(-c4ccccc4)n23)CC1. The maximum atomic E-state index is 12.6. The highest BCUT2D eigenvalue weighted by atomic mass is 16.2. The molecule has 2 aromatic heterocycles. The summed E-state index contributed by atoms with van der Waals surface area (Å²) in [4.78, 5) is 22.0. The Hall–Kier alpha value is -3.48. The minimum absolute atomic E-state index is 0.264. The van der Waals surface area contributed by atoms with E-state index >= 15 is 0 Å². The number of amides is 1. The van der Waals surface area contributed by atoms with E-state index in [9.17, 15) is 4.79 Å².